The van der Waals surface area contributed by atoms with E-state index in [1.807, 2.05) is 11.3 Å². The monoisotopic (exact) mass is 480 g/mol. The van der Waals surface area contributed by atoms with Gasteiger partial charge in [-0.25, -0.2) is 0 Å². The molecular weight excluding hydrogens is 447 g/mol. The molecule has 0 spiro atoms. The molecule has 1 saturated heterocycles. The zero-order chi connectivity index (χ0) is 17.2. The standard InChI is InChI=1S/C18H32N4OS.HI/c1-4-19-18(20-8-7-16-6-5-13-24-16)21-14-17(15(2)3)22-9-11-23-12-10-22;/h5-6,13,15,17H,4,7-12,14H2,1-3H3,(H2,19,20,21);1H. The average Bonchev–Trinajstić information content (AvgIpc) is 3.09. The van der Waals surface area contributed by atoms with Gasteiger partial charge in [-0.2, -0.15) is 0 Å². The summed E-state index contributed by atoms with van der Waals surface area (Å²) >= 11 is 1.81. The van der Waals surface area contributed by atoms with E-state index in [4.69, 9.17) is 9.73 Å². The summed E-state index contributed by atoms with van der Waals surface area (Å²) in [5, 5.41) is 8.95. The first kappa shape index (κ1) is 22.7. The molecule has 0 amide bonds. The highest BCUT2D eigenvalue weighted by Crippen LogP contribution is 2.13. The first-order valence-electron chi connectivity index (χ1n) is 9.07. The molecule has 0 saturated carbocycles. The molecular formula is C18H33IN4OS. The zero-order valence-corrected chi connectivity index (χ0v) is 18.8. The van der Waals surface area contributed by atoms with Crippen LogP contribution in [0.3, 0.4) is 0 Å². The zero-order valence-electron chi connectivity index (χ0n) is 15.7. The lowest BCUT2D eigenvalue weighted by molar-refractivity contribution is 0.00867. The van der Waals surface area contributed by atoms with Gasteiger partial charge in [-0.15, -0.1) is 35.3 Å². The van der Waals surface area contributed by atoms with Gasteiger partial charge in [0.2, 0.25) is 0 Å². The highest BCUT2D eigenvalue weighted by atomic mass is 127. The van der Waals surface area contributed by atoms with Gasteiger partial charge in [-0.1, -0.05) is 19.9 Å². The van der Waals surface area contributed by atoms with Crippen molar-refractivity contribution in [2.75, 3.05) is 45.9 Å². The molecule has 2 N–H and O–H groups in total. The van der Waals surface area contributed by atoms with Crippen molar-refractivity contribution in [3.63, 3.8) is 0 Å². The van der Waals surface area contributed by atoms with Crippen LogP contribution < -0.4 is 10.6 Å². The summed E-state index contributed by atoms with van der Waals surface area (Å²) in [5.41, 5.74) is 0. The van der Waals surface area contributed by atoms with E-state index in [1.165, 1.54) is 4.88 Å². The van der Waals surface area contributed by atoms with Gasteiger partial charge < -0.3 is 15.4 Å². The van der Waals surface area contributed by atoms with Gasteiger partial charge in [-0.3, -0.25) is 9.89 Å². The lowest BCUT2D eigenvalue weighted by atomic mass is 10.0. The number of rotatable bonds is 8. The Balaban J connectivity index is 0.00000312. The summed E-state index contributed by atoms with van der Waals surface area (Å²) in [6, 6.07) is 4.76. The summed E-state index contributed by atoms with van der Waals surface area (Å²) in [6.45, 7) is 13.0. The normalized spacial score (nSPS) is 17.2. The van der Waals surface area contributed by atoms with E-state index in [0.717, 1.165) is 58.3 Å². The molecule has 1 atom stereocenters. The summed E-state index contributed by atoms with van der Waals surface area (Å²) in [5.74, 6) is 1.51. The van der Waals surface area contributed by atoms with Gasteiger partial charge in [0.1, 0.15) is 0 Å². The second-order valence-electron chi connectivity index (χ2n) is 6.44. The molecule has 0 aromatic carbocycles. The van der Waals surface area contributed by atoms with Gasteiger partial charge in [0.25, 0.3) is 0 Å². The fraction of sp³-hybridized carbons (Fsp3) is 0.722. The Morgan fingerprint density at radius 2 is 2.08 bits per heavy atom. The molecule has 1 aromatic heterocycles. The predicted molar refractivity (Wildman–Crippen MR) is 118 cm³/mol. The second kappa shape index (κ2) is 12.9. The lowest BCUT2D eigenvalue weighted by Gasteiger charge is -2.36. The molecule has 25 heavy (non-hydrogen) atoms. The minimum Gasteiger partial charge on any atom is -0.379 e. The smallest absolute Gasteiger partial charge is 0.191 e. The van der Waals surface area contributed by atoms with Gasteiger partial charge in [0.15, 0.2) is 5.96 Å². The van der Waals surface area contributed by atoms with E-state index < -0.39 is 0 Å². The third-order valence-corrected chi connectivity index (χ3v) is 5.25. The number of thiophene rings is 1. The third kappa shape index (κ3) is 8.23. The van der Waals surface area contributed by atoms with E-state index >= 15 is 0 Å². The fourth-order valence-corrected chi connectivity index (χ4v) is 3.65. The molecule has 0 aliphatic carbocycles. The minimum atomic E-state index is 0. The maximum atomic E-state index is 5.48. The Morgan fingerprint density at radius 3 is 2.68 bits per heavy atom. The Kier molecular flexibility index (Phi) is 11.7. The second-order valence-corrected chi connectivity index (χ2v) is 7.47. The minimum absolute atomic E-state index is 0. The molecule has 1 aromatic rings. The third-order valence-electron chi connectivity index (χ3n) is 4.31. The summed E-state index contributed by atoms with van der Waals surface area (Å²) < 4.78 is 5.48. The quantitative estimate of drug-likeness (QED) is 0.342. The highest BCUT2D eigenvalue weighted by molar-refractivity contribution is 14.0. The van der Waals surface area contributed by atoms with Gasteiger partial charge >= 0.3 is 0 Å². The number of nitrogens with zero attached hydrogens (tertiary/aromatic N) is 2. The molecule has 144 valence electrons. The summed E-state index contributed by atoms with van der Waals surface area (Å²) in [4.78, 5) is 8.77. The van der Waals surface area contributed by atoms with Gasteiger partial charge in [0, 0.05) is 37.1 Å². The Hall–Kier alpha value is -0.380. The largest absolute Gasteiger partial charge is 0.379 e. The Bertz CT molecular complexity index is 475. The van der Waals surface area contributed by atoms with Crippen molar-refractivity contribution in [3.8, 4) is 0 Å². The fourth-order valence-electron chi connectivity index (χ4n) is 2.94. The number of aliphatic imine (C=N–C) groups is 1. The molecule has 1 fully saturated rings. The topological polar surface area (TPSA) is 48.9 Å². The van der Waals surface area contributed by atoms with E-state index in [-0.39, 0.29) is 24.0 Å². The van der Waals surface area contributed by atoms with Crippen molar-refractivity contribution in [2.45, 2.75) is 33.2 Å². The first-order chi connectivity index (χ1) is 11.7. The van der Waals surface area contributed by atoms with Crippen LogP contribution in [0.5, 0.6) is 0 Å². The number of morpholine rings is 1. The van der Waals surface area contributed by atoms with E-state index in [9.17, 15) is 0 Å². The maximum absolute atomic E-state index is 5.48. The molecule has 5 nitrogen and oxygen atoms in total. The summed E-state index contributed by atoms with van der Waals surface area (Å²) in [6.07, 6.45) is 1.04. The van der Waals surface area contributed by atoms with Crippen molar-refractivity contribution in [3.05, 3.63) is 22.4 Å². The van der Waals surface area contributed by atoms with E-state index in [0.29, 0.717) is 12.0 Å². The molecule has 0 bridgehead atoms. The number of halogens is 1. The van der Waals surface area contributed by atoms with Crippen LogP contribution in [0.1, 0.15) is 25.6 Å². The van der Waals surface area contributed by atoms with Gasteiger partial charge in [-0.05, 0) is 30.7 Å². The van der Waals surface area contributed by atoms with Crippen LogP contribution in [-0.4, -0.2) is 62.8 Å². The molecule has 1 unspecified atom stereocenters. The van der Waals surface area contributed by atoms with Crippen molar-refractivity contribution in [1.82, 2.24) is 15.5 Å². The highest BCUT2D eigenvalue weighted by Gasteiger charge is 2.23. The molecule has 2 rings (SSSR count). The molecule has 2 heterocycles. The Labute approximate surface area is 173 Å². The number of ether oxygens (including phenoxy) is 1. The predicted octanol–water partition coefficient (Wildman–Crippen LogP) is 2.82. The van der Waals surface area contributed by atoms with Crippen LogP contribution in [0.4, 0.5) is 0 Å². The number of hydrogen-bond donors (Lipinski definition) is 2. The van der Waals surface area contributed by atoms with Crippen molar-refractivity contribution >= 4 is 41.3 Å². The van der Waals surface area contributed by atoms with Crippen molar-refractivity contribution in [1.29, 1.82) is 0 Å². The van der Waals surface area contributed by atoms with Crippen molar-refractivity contribution < 1.29 is 4.74 Å². The van der Waals surface area contributed by atoms with E-state index in [2.05, 4.69) is 53.8 Å². The Morgan fingerprint density at radius 1 is 1.32 bits per heavy atom. The van der Waals surface area contributed by atoms with Crippen LogP contribution in [-0.2, 0) is 11.2 Å². The molecule has 7 heteroatoms. The molecule has 1 aliphatic rings. The van der Waals surface area contributed by atoms with Crippen LogP contribution in [0, 0.1) is 5.92 Å². The van der Waals surface area contributed by atoms with Crippen molar-refractivity contribution in [2.24, 2.45) is 10.9 Å². The number of nitrogens with one attached hydrogen (secondary N) is 2. The van der Waals surface area contributed by atoms with Gasteiger partial charge in [0.05, 0.1) is 19.8 Å². The van der Waals surface area contributed by atoms with Crippen LogP contribution in [0.25, 0.3) is 0 Å². The van der Waals surface area contributed by atoms with E-state index in [1.54, 1.807) is 0 Å². The first-order valence-corrected chi connectivity index (χ1v) is 9.95. The number of hydrogen-bond acceptors (Lipinski definition) is 4. The van der Waals surface area contributed by atoms with Crippen LogP contribution >= 0.6 is 35.3 Å². The average molecular weight is 480 g/mol. The maximum Gasteiger partial charge on any atom is 0.191 e. The number of guanidine groups is 1. The molecule has 0 radical (unpaired) electrons. The van der Waals surface area contributed by atoms with Crippen LogP contribution in [0.2, 0.25) is 0 Å². The molecule has 1 aliphatic heterocycles. The SMILES string of the molecule is CCNC(=NCC(C(C)C)N1CCOCC1)NCCc1cccs1.I. The summed E-state index contributed by atoms with van der Waals surface area (Å²) in [7, 11) is 0. The van der Waals surface area contributed by atoms with Crippen LogP contribution in [0.15, 0.2) is 22.5 Å². The lowest BCUT2D eigenvalue weighted by Crippen LogP contribution is -2.48.